The van der Waals surface area contributed by atoms with Gasteiger partial charge in [-0.25, -0.2) is 17.9 Å². The molecule has 0 bridgehead atoms. The number of nitrogens with one attached hydrogen (secondary N) is 2. The second-order valence-electron chi connectivity index (χ2n) is 11.9. The zero-order chi connectivity index (χ0) is 35.8. The fourth-order valence-electron chi connectivity index (χ4n) is 5.22. The first-order chi connectivity index (χ1) is 23.2. The first-order valence-corrected chi connectivity index (χ1v) is 17.6. The third-order valence-corrected chi connectivity index (χ3v) is 9.62. The summed E-state index contributed by atoms with van der Waals surface area (Å²) in [6.45, 7) is 2.67. The third-order valence-electron chi connectivity index (χ3n) is 7.67. The Kier molecular flexibility index (Phi) is 12.6. The van der Waals surface area contributed by atoms with Crippen molar-refractivity contribution in [3.63, 3.8) is 0 Å². The van der Waals surface area contributed by atoms with E-state index >= 15 is 0 Å². The van der Waals surface area contributed by atoms with Gasteiger partial charge in [-0.1, -0.05) is 109 Å². The van der Waals surface area contributed by atoms with Crippen molar-refractivity contribution in [2.75, 3.05) is 6.61 Å². The number of ketones is 1. The average Bonchev–Trinajstić information content (AvgIpc) is 3.47. The zero-order valence-electron chi connectivity index (χ0n) is 26.6. The molecule has 1 heterocycles. The highest BCUT2D eigenvalue weighted by molar-refractivity contribution is 7.88. The van der Waals surface area contributed by atoms with E-state index in [1.165, 1.54) is 18.2 Å². The number of esters is 1. The molecule has 0 fully saturated rings. The van der Waals surface area contributed by atoms with Gasteiger partial charge in [-0.15, -0.1) is 0 Å². The molecule has 1 aliphatic heterocycles. The van der Waals surface area contributed by atoms with Crippen molar-refractivity contribution in [3.8, 4) is 0 Å². The van der Waals surface area contributed by atoms with E-state index in [1.807, 2.05) is 0 Å². The molecule has 1 amide bonds. The molecule has 15 heteroatoms. The van der Waals surface area contributed by atoms with Gasteiger partial charge >= 0.3 is 11.9 Å². The number of nitrogens with zero attached hydrogens (tertiary/aromatic N) is 1. The van der Waals surface area contributed by atoms with Gasteiger partial charge in [-0.05, 0) is 29.2 Å². The quantitative estimate of drug-likeness (QED) is 0.178. The van der Waals surface area contributed by atoms with Crippen LogP contribution in [-0.2, 0) is 46.2 Å². The molecular weight excluding hydrogens is 697 g/mol. The Morgan fingerprint density at radius 2 is 1.53 bits per heavy atom. The molecule has 12 nitrogen and oxygen atoms in total. The maximum absolute atomic E-state index is 14.0. The summed E-state index contributed by atoms with van der Waals surface area (Å²) in [7, 11) is -3.87. The fourth-order valence-corrected chi connectivity index (χ4v) is 7.28. The number of carboxylic acids is 1. The summed E-state index contributed by atoms with van der Waals surface area (Å²) in [6.07, 6.45) is -1.07. The summed E-state index contributed by atoms with van der Waals surface area (Å²) in [4.78, 5) is 57.5. The van der Waals surface area contributed by atoms with E-state index in [9.17, 15) is 32.7 Å². The summed E-state index contributed by atoms with van der Waals surface area (Å²) < 4.78 is 34.2. The van der Waals surface area contributed by atoms with E-state index in [1.54, 1.807) is 74.5 Å². The minimum atomic E-state index is -3.87. The van der Waals surface area contributed by atoms with Crippen molar-refractivity contribution >= 4 is 62.6 Å². The van der Waals surface area contributed by atoms with Crippen molar-refractivity contribution < 1.29 is 42.3 Å². The monoisotopic (exact) mass is 731 g/mol. The number of amides is 1. The molecule has 0 aliphatic carbocycles. The van der Waals surface area contributed by atoms with Gasteiger partial charge in [0, 0.05) is 12.8 Å². The Morgan fingerprint density at radius 3 is 2.10 bits per heavy atom. The van der Waals surface area contributed by atoms with Gasteiger partial charge in [-0.2, -0.15) is 0 Å². The standard InChI is InChI=1S/C34H35Cl2N3O9S/c1-21(2)31(39-49(45,46)20-23-12-7-4-8-13-23)27-18-34(48-38-27,17-22-10-5-3-6-11-22)33(44)37-26(16-29(41)42)28(40)19-47-32(43)30-24(35)14-9-15-25(30)36/h3-15,21,26,31,39H,16-20H2,1-2H3,(H,37,44)(H,41,42)/t26-,31?,34?/m0/s1. The molecule has 0 saturated carbocycles. The maximum atomic E-state index is 14.0. The van der Waals surface area contributed by atoms with Crippen LogP contribution in [-0.4, -0.2) is 67.2 Å². The van der Waals surface area contributed by atoms with Gasteiger partial charge in [-0.3, -0.25) is 14.4 Å². The highest BCUT2D eigenvalue weighted by atomic mass is 35.5. The van der Waals surface area contributed by atoms with Gasteiger partial charge in [0.25, 0.3) is 5.91 Å². The SMILES string of the molecule is CC(C)C(NS(=O)(=O)Cc1ccccc1)C1=NOC(Cc2ccccc2)(C(=O)N[C@@H](CC(=O)O)C(=O)COC(=O)c2c(Cl)cccc2Cl)C1. The molecule has 2 unspecified atom stereocenters. The molecule has 3 aromatic carbocycles. The number of carboxylic acid groups (broad SMARTS) is 1. The largest absolute Gasteiger partial charge is 0.481 e. The number of aliphatic carboxylic acids is 1. The van der Waals surface area contributed by atoms with Crippen LogP contribution in [0.4, 0.5) is 0 Å². The predicted molar refractivity (Wildman–Crippen MR) is 183 cm³/mol. The van der Waals surface area contributed by atoms with Crippen molar-refractivity contribution in [2.45, 2.75) is 56.5 Å². The van der Waals surface area contributed by atoms with Crippen molar-refractivity contribution in [3.05, 3.63) is 106 Å². The van der Waals surface area contributed by atoms with E-state index in [0.717, 1.165) is 0 Å². The van der Waals surface area contributed by atoms with E-state index in [4.69, 9.17) is 32.8 Å². The van der Waals surface area contributed by atoms with Crippen molar-refractivity contribution in [2.24, 2.45) is 11.1 Å². The molecule has 0 aromatic heterocycles. The average molecular weight is 733 g/mol. The van der Waals surface area contributed by atoms with Crippen LogP contribution >= 0.6 is 23.2 Å². The molecule has 4 rings (SSSR count). The van der Waals surface area contributed by atoms with Crippen LogP contribution < -0.4 is 10.0 Å². The minimum absolute atomic E-state index is 0.0144. The van der Waals surface area contributed by atoms with Gasteiger partial charge in [0.2, 0.25) is 15.6 Å². The summed E-state index contributed by atoms with van der Waals surface area (Å²) in [6, 6.07) is 19.2. The van der Waals surface area contributed by atoms with Crippen LogP contribution in [0.1, 0.15) is 48.2 Å². The fraction of sp³-hybridized carbons (Fsp3) is 0.324. The number of hydrogen-bond donors (Lipinski definition) is 3. The highest BCUT2D eigenvalue weighted by Crippen LogP contribution is 2.32. The minimum Gasteiger partial charge on any atom is -0.481 e. The van der Waals surface area contributed by atoms with Crippen LogP contribution in [0.3, 0.4) is 0 Å². The number of hydrogen-bond acceptors (Lipinski definition) is 9. The molecule has 3 aromatic rings. The number of ether oxygens (including phenoxy) is 1. The van der Waals surface area contributed by atoms with E-state index in [2.05, 4.69) is 15.2 Å². The van der Waals surface area contributed by atoms with Crippen LogP contribution in [0.5, 0.6) is 0 Å². The summed E-state index contributed by atoms with van der Waals surface area (Å²) >= 11 is 12.1. The number of carbonyl (C=O) groups is 4. The number of oxime groups is 1. The molecule has 3 atom stereocenters. The molecule has 260 valence electrons. The maximum Gasteiger partial charge on any atom is 0.341 e. The molecular formula is C34H35Cl2N3O9S. The lowest BCUT2D eigenvalue weighted by molar-refractivity contribution is -0.148. The lowest BCUT2D eigenvalue weighted by Crippen LogP contribution is -2.55. The lowest BCUT2D eigenvalue weighted by atomic mass is 9.85. The predicted octanol–water partition coefficient (Wildman–Crippen LogP) is 4.58. The summed E-state index contributed by atoms with van der Waals surface area (Å²) in [5.74, 6) is -4.82. The van der Waals surface area contributed by atoms with Crippen LogP contribution in [0.15, 0.2) is 84.0 Å². The molecule has 0 saturated heterocycles. The van der Waals surface area contributed by atoms with Gasteiger partial charge < -0.3 is 20.0 Å². The number of carbonyl (C=O) groups excluding carboxylic acids is 3. The molecule has 0 radical (unpaired) electrons. The second-order valence-corrected chi connectivity index (χ2v) is 14.4. The number of sulfonamides is 1. The lowest BCUT2D eigenvalue weighted by Gasteiger charge is -2.29. The molecule has 49 heavy (non-hydrogen) atoms. The van der Waals surface area contributed by atoms with Gasteiger partial charge in [0.05, 0.1) is 39.5 Å². The normalized spacial score (nSPS) is 17.0. The molecule has 3 N–H and O–H groups in total. The van der Waals surface area contributed by atoms with E-state index < -0.39 is 64.4 Å². The third kappa shape index (κ3) is 10.1. The smallest absolute Gasteiger partial charge is 0.341 e. The number of benzene rings is 3. The van der Waals surface area contributed by atoms with Crippen LogP contribution in [0, 0.1) is 5.92 Å². The van der Waals surface area contributed by atoms with Gasteiger partial charge in [0.15, 0.2) is 12.4 Å². The van der Waals surface area contributed by atoms with Crippen molar-refractivity contribution in [1.29, 1.82) is 0 Å². The van der Waals surface area contributed by atoms with E-state index in [-0.39, 0.29) is 45.8 Å². The van der Waals surface area contributed by atoms with E-state index in [0.29, 0.717) is 11.1 Å². The second kappa shape index (κ2) is 16.4. The van der Waals surface area contributed by atoms with Crippen LogP contribution in [0.25, 0.3) is 0 Å². The van der Waals surface area contributed by atoms with Crippen LogP contribution in [0.2, 0.25) is 10.0 Å². The number of Topliss-reactive ketones (excluding diaryl/α,β-unsaturated/α-hetero) is 1. The van der Waals surface area contributed by atoms with Crippen molar-refractivity contribution in [1.82, 2.24) is 10.0 Å². The van der Waals surface area contributed by atoms with Gasteiger partial charge in [0.1, 0.15) is 6.04 Å². The Balaban J connectivity index is 1.55. The Bertz CT molecular complexity index is 1800. The molecule has 1 aliphatic rings. The summed E-state index contributed by atoms with van der Waals surface area (Å²) in [5, 5.41) is 16.2. The Hall–Kier alpha value is -4.30. The Labute approximate surface area is 293 Å². The summed E-state index contributed by atoms with van der Waals surface area (Å²) in [5.41, 5.74) is -0.485. The zero-order valence-corrected chi connectivity index (χ0v) is 28.9. The first-order valence-electron chi connectivity index (χ1n) is 15.2. The first kappa shape index (κ1) is 37.5. The Morgan fingerprint density at radius 1 is 0.939 bits per heavy atom. The topological polar surface area (TPSA) is 178 Å². The number of halogens is 2. The highest BCUT2D eigenvalue weighted by Gasteiger charge is 2.50. The molecule has 0 spiro atoms. The number of rotatable bonds is 16.